The number of ether oxygens (including phenoxy) is 1. The highest BCUT2D eigenvalue weighted by Gasteiger charge is 2.41. The van der Waals surface area contributed by atoms with E-state index in [0.29, 0.717) is 28.6 Å². The maximum Gasteiger partial charge on any atom is 0.269 e. The molecule has 0 aliphatic rings. The highest BCUT2D eigenvalue weighted by molar-refractivity contribution is 7.19. The number of benzene rings is 10. The molecule has 0 saturated heterocycles. The molecule has 0 bridgehead atoms. The van der Waals surface area contributed by atoms with Gasteiger partial charge in [-0.15, -0.1) is 0 Å². The van der Waals surface area contributed by atoms with E-state index in [-0.39, 0.29) is 50.0 Å². The molecule has 0 atom stereocenters. The van der Waals surface area contributed by atoms with Crippen LogP contribution in [0.3, 0.4) is 0 Å². The molecule has 400 valence electrons. The molecule has 0 fully saturated rings. The van der Waals surface area contributed by atoms with Crippen LogP contribution in [0.25, 0.3) is 72.3 Å². The lowest BCUT2D eigenvalue weighted by atomic mass is 9.83. The van der Waals surface area contributed by atoms with Crippen molar-refractivity contribution in [3.63, 3.8) is 0 Å². The van der Waals surface area contributed by atoms with Crippen molar-refractivity contribution < 1.29 is 43.6 Å². The first-order chi connectivity index (χ1) is 50.1. The number of aromatic nitrogens is 4. The highest BCUT2D eigenvalue weighted by atomic mass is 28.3. The first-order valence-electron chi connectivity index (χ1n) is 39.0. The van der Waals surface area contributed by atoms with Crippen LogP contribution < -0.4 is 30.1 Å². The molecule has 5 nitrogen and oxygen atoms in total. The second kappa shape index (κ2) is 20.6. The van der Waals surface area contributed by atoms with Gasteiger partial charge >= 0.3 is 0 Å². The number of hydrogen-bond acceptors (Lipinski definition) is 2. The summed E-state index contributed by atoms with van der Waals surface area (Å²) in [6, 6.07) is 17.4. The topological polar surface area (TPSA) is 35.9 Å². The summed E-state index contributed by atoms with van der Waals surface area (Å²) in [7, 11) is -6.31. The molecule has 10 aromatic carbocycles. The summed E-state index contributed by atoms with van der Waals surface area (Å²) < 4.78 is 245. The van der Waals surface area contributed by atoms with Crippen LogP contribution in [-0.2, 0) is 10.8 Å². The van der Waals surface area contributed by atoms with E-state index >= 15 is 0 Å². The van der Waals surface area contributed by atoms with Gasteiger partial charge < -0.3 is 4.74 Å². The van der Waals surface area contributed by atoms with Crippen molar-refractivity contribution >= 4 is 61.7 Å². The molecule has 13 aromatic rings. The minimum atomic E-state index is -6.31. The summed E-state index contributed by atoms with van der Waals surface area (Å²) in [5.41, 5.74) is 1.72. The minimum Gasteiger partial charge on any atom is -0.458 e. The van der Waals surface area contributed by atoms with Gasteiger partial charge in [0.2, 0.25) is 0 Å². The monoisotopic (exact) mass is 1100 g/mol. The molecule has 3 heterocycles. The van der Waals surface area contributed by atoms with Crippen molar-refractivity contribution in [1.82, 2.24) is 14.1 Å². The zero-order valence-corrected chi connectivity index (χ0v) is 46.5. The predicted molar refractivity (Wildman–Crippen MR) is 344 cm³/mol. The Morgan fingerprint density at radius 2 is 1.18 bits per heavy atom. The normalized spacial score (nSPS) is 16.8. The molecule has 0 N–H and O–H groups in total. The summed E-state index contributed by atoms with van der Waals surface area (Å²) in [6.45, 7) is 6.21. The number of aryl methyl sites for hydroxylation is 2. The van der Waals surface area contributed by atoms with E-state index in [1.807, 2.05) is 69.3 Å². The standard InChI is InChI=1S/C76H66N4OSi/c1-52-24-20-25-53(2)73(52)55-40-43-69-71(47-55)78(57-27-22-28-58(49-57)81-59-41-42-66-65-36-18-19-39-68(65)80(70(66)50-59)72-48-56(44-45-77-72)75(3,4)5)51-79(69)74-64(37-23-38-67(74)76(6,7)8)54-26-21-35-63(46-54)82(60-29-12-9-13-30-60,61-31-14-10-15-32-61)62-33-16-11-17-34-62/h9-50H,1-8H3/i1D3,2D3,9D,10D,11D,12D,13D,14D,15D,16D,17D,21D,26D,29D,30D,31D,32D,33D,34D,35D,46D. The largest absolute Gasteiger partial charge is 0.458 e. The van der Waals surface area contributed by atoms with Crippen LogP contribution in [0.5, 0.6) is 11.5 Å². The Hall–Kier alpha value is -9.36. The molecule has 0 amide bonds. The van der Waals surface area contributed by atoms with Crippen LogP contribution in [0.15, 0.2) is 254 Å². The van der Waals surface area contributed by atoms with Crippen molar-refractivity contribution in [2.75, 3.05) is 0 Å². The van der Waals surface area contributed by atoms with Crippen molar-refractivity contribution in [2.24, 2.45) is 0 Å². The summed E-state index contributed by atoms with van der Waals surface area (Å²) in [5.74, 6) is 1.41. The number of fused-ring (bicyclic) bond motifs is 4. The third-order valence-corrected chi connectivity index (χ3v) is 18.8. The maximum absolute atomic E-state index is 10.9. The SMILES string of the molecule is [2H]c1c([2H])c([2H])c([Si](c2c([2H])c([2H])c([2H])c([2H])c2[2H])(c2c([2H])c([2H])c([2H])c([2H])c2[2H])c2c([2H])c([2H])c([2H])c(-c3cccc(C(C)(C)C)c3-[n+]3[c-]n(-c4cccc(Oc5ccc6c7ccccc7n(-c7cc(C(C)(C)C)ccn7)c6c5)c4)c4cc(-c5c(C([2H])([2H])[2H])cccc5C([2H])([2H])[2H])ccc43)c2[2H])c([2H])c1[2H]. The van der Waals surface area contributed by atoms with Gasteiger partial charge in [0, 0.05) is 31.3 Å². The van der Waals surface area contributed by atoms with Crippen LogP contribution in [0.2, 0.25) is 0 Å². The van der Waals surface area contributed by atoms with Crippen LogP contribution in [0, 0.1) is 20.0 Å². The van der Waals surface area contributed by atoms with Gasteiger partial charge in [0.15, 0.2) is 8.07 Å². The highest BCUT2D eigenvalue weighted by Crippen LogP contribution is 2.39. The van der Waals surface area contributed by atoms with Gasteiger partial charge in [-0.3, -0.25) is 13.7 Å². The van der Waals surface area contributed by atoms with E-state index < -0.39 is 168 Å². The quantitative estimate of drug-likeness (QED) is 0.0560. The zero-order chi connectivity index (χ0) is 77.9. The van der Waals surface area contributed by atoms with Crippen molar-refractivity contribution in [3.05, 3.63) is 283 Å². The van der Waals surface area contributed by atoms with Gasteiger partial charge in [-0.1, -0.05) is 229 Å². The Kier molecular flexibility index (Phi) is 7.80. The Morgan fingerprint density at radius 3 is 1.87 bits per heavy atom. The molecule has 82 heavy (non-hydrogen) atoms. The van der Waals surface area contributed by atoms with E-state index in [2.05, 4.69) is 37.7 Å². The summed E-state index contributed by atoms with van der Waals surface area (Å²) in [4.78, 5) is 4.84. The average molecular weight is 1100 g/mol. The van der Waals surface area contributed by atoms with E-state index in [0.717, 1.165) is 27.4 Å². The second-order valence-electron chi connectivity index (χ2n) is 21.9. The average Bonchev–Trinajstić information content (AvgIpc) is 1.47. The number of imidazole rings is 1. The molecular weight excluding hydrogens is 1010 g/mol. The fourth-order valence-corrected chi connectivity index (χ4v) is 14.5. The van der Waals surface area contributed by atoms with E-state index in [1.165, 1.54) is 30.3 Å². The van der Waals surface area contributed by atoms with E-state index in [1.54, 1.807) is 63.9 Å². The molecule has 3 aromatic heterocycles. The Balaban J connectivity index is 1.14. The van der Waals surface area contributed by atoms with Crippen molar-refractivity contribution in [3.8, 4) is 50.9 Å². The second-order valence-corrected chi connectivity index (χ2v) is 25.4. The molecule has 0 saturated carbocycles. The van der Waals surface area contributed by atoms with Crippen LogP contribution in [0.1, 0.15) is 98.1 Å². The molecule has 6 heteroatoms. The number of nitrogens with zero attached hydrogens (tertiary/aromatic N) is 4. The third kappa shape index (κ3) is 9.14. The Labute approximate surface area is 518 Å². The molecule has 0 aliphatic heterocycles. The van der Waals surface area contributed by atoms with Gasteiger partial charge in [-0.25, -0.2) is 4.98 Å². The third-order valence-electron chi connectivity index (χ3n) is 14.8. The van der Waals surface area contributed by atoms with Gasteiger partial charge in [0.05, 0.1) is 59.5 Å². The Bertz CT molecular complexity index is 5660. The minimum absolute atomic E-state index is 0.0898. The van der Waals surface area contributed by atoms with E-state index in [4.69, 9.17) is 30.3 Å². The summed E-state index contributed by atoms with van der Waals surface area (Å²) >= 11 is 0. The lowest BCUT2D eigenvalue weighted by Gasteiger charge is -2.35. The molecule has 0 unspecified atom stereocenters. The Morgan fingerprint density at radius 1 is 0.537 bits per heavy atom. The van der Waals surface area contributed by atoms with Crippen molar-refractivity contribution in [2.45, 2.75) is 66.1 Å². The number of para-hydroxylation sites is 2. The molecule has 0 spiro atoms. The van der Waals surface area contributed by atoms with Gasteiger partial charge in [0.25, 0.3) is 6.33 Å². The molecule has 0 aliphatic carbocycles. The maximum atomic E-state index is 10.9. The predicted octanol–water partition coefficient (Wildman–Crippen LogP) is 15.9. The first-order valence-corrected chi connectivity index (χ1v) is 28.5. The molecule has 0 radical (unpaired) electrons. The number of rotatable bonds is 11. The number of hydrogen-bond donors (Lipinski definition) is 0. The fraction of sp³-hybridized carbons (Fsp3) is 0.132. The van der Waals surface area contributed by atoms with E-state index in [9.17, 15) is 13.7 Å². The summed E-state index contributed by atoms with van der Waals surface area (Å²) in [6.07, 6.45) is 5.27. The van der Waals surface area contributed by atoms with Gasteiger partial charge in [-0.2, -0.15) is 0 Å². The molecular formula is C76H66N4OSi. The lowest BCUT2D eigenvalue weighted by Crippen LogP contribution is -2.74. The smallest absolute Gasteiger partial charge is 0.269 e. The summed E-state index contributed by atoms with van der Waals surface area (Å²) in [5, 5.41) is -2.08. The lowest BCUT2D eigenvalue weighted by molar-refractivity contribution is -0.572. The van der Waals surface area contributed by atoms with Gasteiger partial charge in [0.1, 0.15) is 17.3 Å². The van der Waals surface area contributed by atoms with Gasteiger partial charge in [-0.05, 0) is 144 Å². The first kappa shape index (κ1) is 31.0. The zero-order valence-electron chi connectivity index (χ0n) is 70.5. The van der Waals surface area contributed by atoms with Crippen LogP contribution >= 0.6 is 0 Å². The van der Waals surface area contributed by atoms with Crippen molar-refractivity contribution in [1.29, 1.82) is 0 Å². The number of pyridine rings is 1. The molecule has 13 rings (SSSR count). The van der Waals surface area contributed by atoms with Crippen LogP contribution in [0.4, 0.5) is 0 Å². The fourth-order valence-electron chi connectivity index (χ4n) is 10.9. The van der Waals surface area contributed by atoms with Crippen LogP contribution in [-0.4, -0.2) is 22.2 Å².